The van der Waals surface area contributed by atoms with Gasteiger partial charge in [0.2, 0.25) is 0 Å². The minimum absolute atomic E-state index is 0. The van der Waals surface area contributed by atoms with Crippen LogP contribution in [0.25, 0.3) is 0 Å². The lowest BCUT2D eigenvalue weighted by Crippen LogP contribution is -2.27. The van der Waals surface area contributed by atoms with Crippen LogP contribution in [0.15, 0.2) is 12.1 Å². The van der Waals surface area contributed by atoms with Crippen LogP contribution in [0.2, 0.25) is 5.02 Å². The Morgan fingerprint density at radius 3 is 2.56 bits per heavy atom. The first kappa shape index (κ1) is 13.6. The molecular weight excluding hydrogens is 252 g/mol. The highest BCUT2D eigenvalue weighted by Gasteiger charge is 2.29. The number of hydrogen-bond donors (Lipinski definition) is 2. The summed E-state index contributed by atoms with van der Waals surface area (Å²) in [4.78, 5) is 0. The van der Waals surface area contributed by atoms with Crippen LogP contribution in [0.1, 0.15) is 30.9 Å². The van der Waals surface area contributed by atoms with Gasteiger partial charge in [-0.3, -0.25) is 0 Å². The van der Waals surface area contributed by atoms with Gasteiger partial charge in [-0.05, 0) is 30.9 Å². The number of aromatic hydroxyl groups is 1. The highest BCUT2D eigenvalue weighted by atomic mass is 35.5. The molecule has 0 aliphatic heterocycles. The van der Waals surface area contributed by atoms with E-state index in [1.165, 1.54) is 6.07 Å². The monoisotopic (exact) mass is 265 g/mol. The van der Waals surface area contributed by atoms with Crippen molar-refractivity contribution in [3.05, 3.63) is 28.5 Å². The quantitative estimate of drug-likeness (QED) is 0.861. The average Bonchev–Trinajstić information content (AvgIpc) is 2.09. The van der Waals surface area contributed by atoms with Gasteiger partial charge >= 0.3 is 0 Å². The number of hydrogen-bond acceptors (Lipinski definition) is 2. The van der Waals surface area contributed by atoms with E-state index in [1.807, 2.05) is 0 Å². The largest absolute Gasteiger partial charge is 0.505 e. The van der Waals surface area contributed by atoms with Gasteiger partial charge < -0.3 is 10.8 Å². The summed E-state index contributed by atoms with van der Waals surface area (Å²) < 4.78 is 13.1. The lowest BCUT2D eigenvalue weighted by atomic mass is 9.77. The molecule has 1 aliphatic carbocycles. The Bertz CT molecular complexity index is 382. The molecule has 0 aromatic heterocycles. The Balaban J connectivity index is 0.00000128. The van der Waals surface area contributed by atoms with E-state index in [1.54, 1.807) is 0 Å². The second-order valence-corrected chi connectivity index (χ2v) is 4.42. The third-order valence-electron chi connectivity index (χ3n) is 3.11. The van der Waals surface area contributed by atoms with Crippen molar-refractivity contribution < 1.29 is 9.50 Å². The Morgan fingerprint density at radius 2 is 2.06 bits per heavy atom. The van der Waals surface area contributed by atoms with Crippen molar-refractivity contribution >= 4 is 24.0 Å². The van der Waals surface area contributed by atoms with Gasteiger partial charge in [0, 0.05) is 16.6 Å². The number of nitrogens with two attached hydrogens (primary N) is 1. The molecule has 90 valence electrons. The second kappa shape index (κ2) is 5.21. The predicted octanol–water partition coefficient (Wildman–Crippen LogP) is 3.41. The van der Waals surface area contributed by atoms with Crippen LogP contribution >= 0.6 is 24.0 Å². The molecule has 0 radical (unpaired) electrons. The van der Waals surface area contributed by atoms with Crippen molar-refractivity contribution in [2.75, 3.05) is 0 Å². The van der Waals surface area contributed by atoms with Gasteiger partial charge in [-0.15, -0.1) is 12.4 Å². The summed E-state index contributed by atoms with van der Waals surface area (Å²) >= 11 is 5.91. The van der Waals surface area contributed by atoms with Crippen LogP contribution < -0.4 is 5.73 Å². The lowest BCUT2D eigenvalue weighted by Gasteiger charge is -2.32. The van der Waals surface area contributed by atoms with Crippen molar-refractivity contribution in [3.63, 3.8) is 0 Å². The molecule has 1 aromatic rings. The van der Waals surface area contributed by atoms with E-state index in [0.29, 0.717) is 16.5 Å². The van der Waals surface area contributed by atoms with Crippen LogP contribution in [0.5, 0.6) is 5.75 Å². The molecule has 3 N–H and O–H groups in total. The van der Waals surface area contributed by atoms with Crippen LogP contribution in [-0.2, 0) is 0 Å². The molecule has 0 amide bonds. The summed E-state index contributed by atoms with van der Waals surface area (Å²) in [5, 5.41) is 9.92. The van der Waals surface area contributed by atoms with Crippen LogP contribution in [0.4, 0.5) is 4.39 Å². The van der Waals surface area contributed by atoms with E-state index < -0.39 is 11.6 Å². The van der Waals surface area contributed by atoms with Gasteiger partial charge in [0.1, 0.15) is 0 Å². The fraction of sp³-hybridized carbons (Fsp3) is 0.455. The molecule has 0 bridgehead atoms. The first-order valence-corrected chi connectivity index (χ1v) is 5.41. The highest BCUT2D eigenvalue weighted by Crippen LogP contribution is 2.42. The highest BCUT2D eigenvalue weighted by molar-refractivity contribution is 6.31. The van der Waals surface area contributed by atoms with Crippen LogP contribution in [-0.4, -0.2) is 5.11 Å². The SMILES string of the molecule is Cl.N[C@H](c1c(Cl)ccc(F)c1O)C1CCC1. The topological polar surface area (TPSA) is 46.2 Å². The van der Waals surface area contributed by atoms with Crippen molar-refractivity contribution in [1.82, 2.24) is 0 Å². The molecule has 0 heterocycles. The molecule has 1 saturated carbocycles. The maximum atomic E-state index is 13.1. The zero-order valence-corrected chi connectivity index (χ0v) is 10.2. The molecule has 0 spiro atoms. The van der Waals surface area contributed by atoms with E-state index in [4.69, 9.17) is 17.3 Å². The maximum Gasteiger partial charge on any atom is 0.165 e. The Kier molecular flexibility index (Phi) is 4.42. The number of phenolic OH excluding ortho intramolecular Hbond substituents is 1. The molecule has 16 heavy (non-hydrogen) atoms. The molecule has 0 unspecified atom stereocenters. The number of rotatable bonds is 2. The molecule has 1 atom stereocenters. The van der Waals surface area contributed by atoms with Crippen molar-refractivity contribution in [2.24, 2.45) is 11.7 Å². The summed E-state index contributed by atoms with van der Waals surface area (Å²) in [7, 11) is 0. The van der Waals surface area contributed by atoms with Gasteiger partial charge in [-0.25, -0.2) is 4.39 Å². The van der Waals surface area contributed by atoms with E-state index in [9.17, 15) is 9.50 Å². The summed E-state index contributed by atoms with van der Waals surface area (Å²) in [6.45, 7) is 0. The second-order valence-electron chi connectivity index (χ2n) is 4.01. The molecule has 0 saturated heterocycles. The molecule has 2 nitrogen and oxygen atoms in total. The van der Waals surface area contributed by atoms with Gasteiger partial charge in [0.25, 0.3) is 0 Å². The fourth-order valence-corrected chi connectivity index (χ4v) is 2.19. The normalized spacial score (nSPS) is 17.4. The lowest BCUT2D eigenvalue weighted by molar-refractivity contribution is 0.259. The fourth-order valence-electron chi connectivity index (χ4n) is 1.91. The third kappa shape index (κ3) is 2.26. The first-order valence-electron chi connectivity index (χ1n) is 5.03. The Labute approximate surface area is 105 Å². The maximum absolute atomic E-state index is 13.1. The molecular formula is C11H14Cl2FNO. The smallest absolute Gasteiger partial charge is 0.165 e. The summed E-state index contributed by atoms with van der Waals surface area (Å²) in [6, 6.07) is 2.22. The van der Waals surface area contributed by atoms with E-state index >= 15 is 0 Å². The standard InChI is InChI=1S/C11H13ClFNO.ClH/c12-7-4-5-8(13)11(15)9(7)10(14)6-2-1-3-6;/h4-6,10,15H,1-3,14H2;1H/t10-;/m0./s1. The van der Waals surface area contributed by atoms with Crippen molar-refractivity contribution in [2.45, 2.75) is 25.3 Å². The van der Waals surface area contributed by atoms with Crippen molar-refractivity contribution in [3.8, 4) is 5.75 Å². The molecule has 2 rings (SSSR count). The number of halogens is 3. The molecule has 5 heteroatoms. The minimum Gasteiger partial charge on any atom is -0.505 e. The Morgan fingerprint density at radius 1 is 1.44 bits per heavy atom. The average molecular weight is 266 g/mol. The van der Waals surface area contributed by atoms with Gasteiger partial charge in [-0.1, -0.05) is 18.0 Å². The Hall–Kier alpha value is -0.510. The van der Waals surface area contributed by atoms with E-state index in [0.717, 1.165) is 25.3 Å². The summed E-state index contributed by atoms with van der Waals surface area (Å²) in [6.07, 6.45) is 3.19. The molecule has 1 fully saturated rings. The minimum atomic E-state index is -0.663. The van der Waals surface area contributed by atoms with Gasteiger partial charge in [-0.2, -0.15) is 0 Å². The van der Waals surface area contributed by atoms with Crippen molar-refractivity contribution in [1.29, 1.82) is 0 Å². The van der Waals surface area contributed by atoms with Crippen LogP contribution in [0, 0.1) is 11.7 Å². The molecule has 1 aromatic carbocycles. The zero-order chi connectivity index (χ0) is 11.0. The van der Waals surface area contributed by atoms with Gasteiger partial charge in [0.15, 0.2) is 11.6 Å². The van der Waals surface area contributed by atoms with Gasteiger partial charge in [0.05, 0.1) is 0 Å². The predicted molar refractivity (Wildman–Crippen MR) is 64.6 cm³/mol. The van der Waals surface area contributed by atoms with E-state index in [-0.39, 0.29) is 18.4 Å². The summed E-state index contributed by atoms with van der Waals surface area (Å²) in [5.41, 5.74) is 6.31. The molecule has 1 aliphatic rings. The summed E-state index contributed by atoms with van der Waals surface area (Å²) in [5.74, 6) is -0.749. The number of phenols is 1. The third-order valence-corrected chi connectivity index (χ3v) is 3.44. The van der Waals surface area contributed by atoms with Crippen LogP contribution in [0.3, 0.4) is 0 Å². The van der Waals surface area contributed by atoms with E-state index in [2.05, 4.69) is 0 Å². The number of benzene rings is 1. The zero-order valence-electron chi connectivity index (χ0n) is 8.62. The first-order chi connectivity index (χ1) is 7.11.